The molecular weight excluding hydrogens is 200 g/mol. The average Bonchev–Trinajstić information content (AvgIpc) is 2.73. The maximum absolute atomic E-state index is 5.55. The topological polar surface area (TPSA) is 28.4 Å². The molecule has 1 aliphatic rings. The van der Waals surface area contributed by atoms with Crippen molar-refractivity contribution in [3.63, 3.8) is 0 Å². The summed E-state index contributed by atoms with van der Waals surface area (Å²) in [5.74, 6) is 2.04. The minimum absolute atomic E-state index is 0.624. The van der Waals surface area contributed by atoms with Crippen molar-refractivity contribution in [2.45, 2.75) is 39.3 Å². The van der Waals surface area contributed by atoms with Crippen LogP contribution in [0.3, 0.4) is 0 Å². The van der Waals surface area contributed by atoms with Crippen LogP contribution in [0.4, 0.5) is 0 Å². The standard InChI is InChI=1S/C13H22N2O/c1-3-15-8-4-5-12(10-15)14-9-13-7-6-11(2)16-13/h6-7,12,14H,3-5,8-10H2,1-2H3. The van der Waals surface area contributed by atoms with Gasteiger partial charge in [0.2, 0.25) is 0 Å². The van der Waals surface area contributed by atoms with Crippen LogP contribution in [0.5, 0.6) is 0 Å². The maximum atomic E-state index is 5.55. The maximum Gasteiger partial charge on any atom is 0.117 e. The van der Waals surface area contributed by atoms with Crippen LogP contribution in [-0.2, 0) is 6.54 Å². The van der Waals surface area contributed by atoms with Crippen LogP contribution in [-0.4, -0.2) is 30.6 Å². The van der Waals surface area contributed by atoms with Crippen molar-refractivity contribution in [1.29, 1.82) is 0 Å². The molecule has 0 saturated carbocycles. The first-order valence-corrected chi connectivity index (χ1v) is 6.29. The summed E-state index contributed by atoms with van der Waals surface area (Å²) in [7, 11) is 0. The van der Waals surface area contributed by atoms with Crippen LogP contribution in [0.1, 0.15) is 31.3 Å². The van der Waals surface area contributed by atoms with Gasteiger partial charge < -0.3 is 14.6 Å². The van der Waals surface area contributed by atoms with Crippen molar-refractivity contribution in [3.8, 4) is 0 Å². The van der Waals surface area contributed by atoms with Crippen LogP contribution in [0.25, 0.3) is 0 Å². The van der Waals surface area contributed by atoms with E-state index >= 15 is 0 Å². The normalized spacial score (nSPS) is 22.5. The third-order valence-electron chi connectivity index (χ3n) is 3.31. The van der Waals surface area contributed by atoms with E-state index in [0.717, 1.165) is 24.6 Å². The Balaban J connectivity index is 1.77. The van der Waals surface area contributed by atoms with E-state index in [1.807, 2.05) is 13.0 Å². The van der Waals surface area contributed by atoms with Crippen molar-refractivity contribution in [3.05, 3.63) is 23.7 Å². The highest BCUT2D eigenvalue weighted by molar-refractivity contribution is 5.05. The summed E-state index contributed by atoms with van der Waals surface area (Å²) < 4.78 is 5.55. The molecule has 0 amide bonds. The van der Waals surface area contributed by atoms with Crippen molar-refractivity contribution < 1.29 is 4.42 Å². The van der Waals surface area contributed by atoms with Crippen LogP contribution in [0, 0.1) is 6.92 Å². The molecule has 1 unspecified atom stereocenters. The quantitative estimate of drug-likeness (QED) is 0.846. The Kier molecular flexibility index (Phi) is 4.02. The van der Waals surface area contributed by atoms with E-state index in [-0.39, 0.29) is 0 Å². The molecule has 1 aromatic heterocycles. The van der Waals surface area contributed by atoms with E-state index in [9.17, 15) is 0 Å². The number of hydrogen-bond acceptors (Lipinski definition) is 3. The summed E-state index contributed by atoms with van der Waals surface area (Å²) in [5.41, 5.74) is 0. The van der Waals surface area contributed by atoms with Crippen LogP contribution in [0.2, 0.25) is 0 Å². The number of nitrogens with zero attached hydrogens (tertiary/aromatic N) is 1. The molecule has 1 atom stereocenters. The zero-order chi connectivity index (χ0) is 11.4. The van der Waals surface area contributed by atoms with E-state index in [1.54, 1.807) is 0 Å². The summed E-state index contributed by atoms with van der Waals surface area (Å²) in [6, 6.07) is 4.71. The summed E-state index contributed by atoms with van der Waals surface area (Å²) >= 11 is 0. The minimum atomic E-state index is 0.624. The highest BCUT2D eigenvalue weighted by Crippen LogP contribution is 2.11. The zero-order valence-corrected chi connectivity index (χ0v) is 10.3. The first kappa shape index (κ1) is 11.7. The highest BCUT2D eigenvalue weighted by Gasteiger charge is 2.18. The zero-order valence-electron chi connectivity index (χ0n) is 10.3. The van der Waals surface area contributed by atoms with Crippen LogP contribution in [0.15, 0.2) is 16.5 Å². The third-order valence-corrected chi connectivity index (χ3v) is 3.31. The number of hydrogen-bond donors (Lipinski definition) is 1. The minimum Gasteiger partial charge on any atom is -0.465 e. The Labute approximate surface area is 97.8 Å². The Morgan fingerprint density at radius 3 is 3.06 bits per heavy atom. The Morgan fingerprint density at radius 1 is 1.50 bits per heavy atom. The van der Waals surface area contributed by atoms with Gasteiger partial charge >= 0.3 is 0 Å². The van der Waals surface area contributed by atoms with Gasteiger partial charge in [-0.2, -0.15) is 0 Å². The molecule has 1 fully saturated rings. The smallest absolute Gasteiger partial charge is 0.117 e. The van der Waals surface area contributed by atoms with Gasteiger partial charge in [-0.3, -0.25) is 0 Å². The third kappa shape index (κ3) is 3.09. The number of rotatable bonds is 4. The molecule has 90 valence electrons. The Bertz CT molecular complexity index is 321. The van der Waals surface area contributed by atoms with E-state index in [2.05, 4.69) is 23.2 Å². The summed E-state index contributed by atoms with van der Waals surface area (Å²) in [6.45, 7) is 8.68. The molecule has 2 rings (SSSR count). The fraction of sp³-hybridized carbons (Fsp3) is 0.692. The van der Waals surface area contributed by atoms with Crippen LogP contribution < -0.4 is 5.32 Å². The predicted octanol–water partition coefficient (Wildman–Crippen LogP) is 2.16. The van der Waals surface area contributed by atoms with Crippen molar-refractivity contribution in [2.75, 3.05) is 19.6 Å². The number of furan rings is 1. The monoisotopic (exact) mass is 222 g/mol. The van der Waals surface area contributed by atoms with Crippen molar-refractivity contribution in [2.24, 2.45) is 0 Å². The Hall–Kier alpha value is -0.800. The summed E-state index contributed by atoms with van der Waals surface area (Å²) in [5, 5.41) is 3.58. The number of aryl methyl sites for hydroxylation is 1. The van der Waals surface area contributed by atoms with Gasteiger partial charge in [0.1, 0.15) is 11.5 Å². The largest absolute Gasteiger partial charge is 0.465 e. The molecule has 1 N–H and O–H groups in total. The molecule has 0 bridgehead atoms. The molecule has 16 heavy (non-hydrogen) atoms. The number of piperidine rings is 1. The number of nitrogens with one attached hydrogen (secondary N) is 1. The van der Waals surface area contributed by atoms with E-state index in [4.69, 9.17) is 4.42 Å². The molecule has 3 nitrogen and oxygen atoms in total. The van der Waals surface area contributed by atoms with Gasteiger partial charge in [0.05, 0.1) is 6.54 Å². The molecular formula is C13H22N2O. The molecule has 0 spiro atoms. The molecule has 2 heterocycles. The van der Waals surface area contributed by atoms with Crippen molar-refractivity contribution >= 4 is 0 Å². The van der Waals surface area contributed by atoms with E-state index in [0.29, 0.717) is 6.04 Å². The lowest BCUT2D eigenvalue weighted by molar-refractivity contribution is 0.196. The lowest BCUT2D eigenvalue weighted by Gasteiger charge is -2.32. The first-order chi connectivity index (χ1) is 7.78. The molecule has 1 aromatic rings. The van der Waals surface area contributed by atoms with Crippen LogP contribution >= 0.6 is 0 Å². The average molecular weight is 222 g/mol. The SMILES string of the molecule is CCN1CCCC(NCc2ccc(C)o2)C1. The van der Waals surface area contributed by atoms with E-state index in [1.165, 1.54) is 25.9 Å². The lowest BCUT2D eigenvalue weighted by Crippen LogP contribution is -2.45. The fourth-order valence-corrected chi connectivity index (χ4v) is 2.33. The predicted molar refractivity (Wildman–Crippen MR) is 65.4 cm³/mol. The molecule has 1 saturated heterocycles. The van der Waals surface area contributed by atoms with Gasteiger partial charge in [-0.25, -0.2) is 0 Å². The van der Waals surface area contributed by atoms with Gasteiger partial charge in [-0.15, -0.1) is 0 Å². The molecule has 3 heteroatoms. The number of likely N-dealkylation sites (N-methyl/N-ethyl adjacent to an activating group) is 1. The summed E-state index contributed by atoms with van der Waals surface area (Å²) in [6.07, 6.45) is 2.60. The second-order valence-corrected chi connectivity index (χ2v) is 4.63. The fourth-order valence-electron chi connectivity index (χ4n) is 2.33. The van der Waals surface area contributed by atoms with Gasteiger partial charge in [0.25, 0.3) is 0 Å². The molecule has 0 radical (unpaired) electrons. The van der Waals surface area contributed by atoms with Gasteiger partial charge in [0.15, 0.2) is 0 Å². The second kappa shape index (κ2) is 5.51. The van der Waals surface area contributed by atoms with Gasteiger partial charge in [0, 0.05) is 12.6 Å². The molecule has 0 aliphatic carbocycles. The Morgan fingerprint density at radius 2 is 2.38 bits per heavy atom. The highest BCUT2D eigenvalue weighted by atomic mass is 16.3. The van der Waals surface area contributed by atoms with Crippen molar-refractivity contribution in [1.82, 2.24) is 10.2 Å². The molecule has 0 aromatic carbocycles. The summed E-state index contributed by atoms with van der Waals surface area (Å²) in [4.78, 5) is 2.51. The first-order valence-electron chi connectivity index (χ1n) is 6.29. The van der Waals surface area contributed by atoms with Gasteiger partial charge in [-0.1, -0.05) is 6.92 Å². The van der Waals surface area contributed by atoms with Gasteiger partial charge in [-0.05, 0) is 45.0 Å². The number of likely N-dealkylation sites (tertiary alicyclic amines) is 1. The van der Waals surface area contributed by atoms with E-state index < -0.39 is 0 Å². The molecule has 1 aliphatic heterocycles. The second-order valence-electron chi connectivity index (χ2n) is 4.63. The lowest BCUT2D eigenvalue weighted by atomic mass is 10.1.